The monoisotopic (exact) mass is 235 g/mol. The molecule has 5 nitrogen and oxygen atoms in total. The van der Waals surface area contributed by atoms with Crippen LogP contribution in [-0.2, 0) is 0 Å². The maximum atomic E-state index is 11.1. The fraction of sp³-hybridized carbons (Fsp3) is 0.417. The number of fused-ring (bicyclic) bond motifs is 1. The second-order valence-electron chi connectivity index (χ2n) is 4.77. The molecule has 1 aromatic carbocycles. The van der Waals surface area contributed by atoms with Crippen molar-refractivity contribution in [3.8, 4) is 0 Å². The molecule has 0 radical (unpaired) electrons. The summed E-state index contributed by atoms with van der Waals surface area (Å²) in [6.07, 6.45) is 0. The third kappa shape index (κ3) is 2.06. The first kappa shape index (κ1) is 11.7. The van der Waals surface area contributed by atoms with E-state index in [1.165, 1.54) is 0 Å². The molecule has 0 fully saturated rings. The largest absolute Gasteiger partial charge is 0.417 e. The molecule has 0 saturated heterocycles. The molecule has 0 aliphatic carbocycles. The van der Waals surface area contributed by atoms with E-state index in [9.17, 15) is 4.79 Å². The Morgan fingerprint density at radius 1 is 1.47 bits per heavy atom. The highest BCUT2D eigenvalue weighted by Gasteiger charge is 2.22. The number of H-pyrrole nitrogens is 1. The van der Waals surface area contributed by atoms with Crippen LogP contribution in [0, 0.1) is 0 Å². The second kappa shape index (κ2) is 3.92. The summed E-state index contributed by atoms with van der Waals surface area (Å²) in [7, 11) is 1.98. The topological polar surface area (TPSA) is 75.3 Å². The zero-order valence-electron chi connectivity index (χ0n) is 10.3. The molecule has 92 valence electrons. The van der Waals surface area contributed by atoms with E-state index in [1.807, 2.05) is 19.2 Å². The van der Waals surface area contributed by atoms with Crippen LogP contribution in [-0.4, -0.2) is 24.1 Å². The Morgan fingerprint density at radius 2 is 2.18 bits per heavy atom. The van der Waals surface area contributed by atoms with Gasteiger partial charge in [-0.1, -0.05) is 0 Å². The van der Waals surface area contributed by atoms with Crippen molar-refractivity contribution in [2.24, 2.45) is 5.73 Å². The van der Waals surface area contributed by atoms with Gasteiger partial charge in [-0.15, -0.1) is 0 Å². The number of hydrogen-bond acceptors (Lipinski definition) is 4. The third-order valence-corrected chi connectivity index (χ3v) is 3.20. The van der Waals surface area contributed by atoms with E-state index in [4.69, 9.17) is 10.2 Å². The van der Waals surface area contributed by atoms with Gasteiger partial charge in [0.15, 0.2) is 5.58 Å². The standard InChI is InChI=1S/C12H17N3O2/c1-12(2,7-13)15(3)8-4-5-10-9(6-8)14-11(16)17-10/h4-6H,7,13H2,1-3H3,(H,14,16). The number of likely N-dealkylation sites (N-methyl/N-ethyl adjacent to an activating group) is 1. The molecule has 0 bridgehead atoms. The first-order chi connectivity index (χ1) is 7.94. The van der Waals surface area contributed by atoms with Gasteiger partial charge in [0.2, 0.25) is 0 Å². The van der Waals surface area contributed by atoms with Gasteiger partial charge in [-0.2, -0.15) is 0 Å². The number of aromatic amines is 1. The molecule has 0 aliphatic rings. The Hall–Kier alpha value is -1.75. The van der Waals surface area contributed by atoms with Gasteiger partial charge >= 0.3 is 5.76 Å². The van der Waals surface area contributed by atoms with E-state index in [2.05, 4.69) is 23.7 Å². The number of oxazole rings is 1. The van der Waals surface area contributed by atoms with Crippen molar-refractivity contribution in [2.75, 3.05) is 18.5 Å². The fourth-order valence-electron chi connectivity index (χ4n) is 1.64. The highest BCUT2D eigenvalue weighted by molar-refractivity contribution is 5.77. The molecule has 17 heavy (non-hydrogen) atoms. The lowest BCUT2D eigenvalue weighted by atomic mass is 10.0. The average molecular weight is 235 g/mol. The van der Waals surface area contributed by atoms with Crippen LogP contribution in [0.4, 0.5) is 5.69 Å². The molecule has 0 saturated carbocycles. The van der Waals surface area contributed by atoms with E-state index in [-0.39, 0.29) is 5.54 Å². The molecule has 2 rings (SSSR count). The summed E-state index contributed by atoms with van der Waals surface area (Å²) >= 11 is 0. The molecule has 0 aliphatic heterocycles. The van der Waals surface area contributed by atoms with Gasteiger partial charge in [-0.05, 0) is 32.0 Å². The molecule has 0 amide bonds. The van der Waals surface area contributed by atoms with E-state index in [0.717, 1.165) is 5.69 Å². The van der Waals surface area contributed by atoms with Crippen molar-refractivity contribution in [1.82, 2.24) is 4.98 Å². The smallest absolute Gasteiger partial charge is 0.408 e. The Bertz CT molecular complexity index is 583. The van der Waals surface area contributed by atoms with Gasteiger partial charge in [0, 0.05) is 24.8 Å². The van der Waals surface area contributed by atoms with Crippen molar-refractivity contribution in [2.45, 2.75) is 19.4 Å². The summed E-state index contributed by atoms with van der Waals surface area (Å²) in [5, 5.41) is 0. The summed E-state index contributed by atoms with van der Waals surface area (Å²) in [5.74, 6) is -0.433. The summed E-state index contributed by atoms with van der Waals surface area (Å²) in [5.41, 5.74) is 7.86. The molecule has 0 spiro atoms. The van der Waals surface area contributed by atoms with E-state index in [0.29, 0.717) is 17.6 Å². The lowest BCUT2D eigenvalue weighted by molar-refractivity contribution is 0.498. The molecule has 2 aromatic rings. The maximum Gasteiger partial charge on any atom is 0.417 e. The van der Waals surface area contributed by atoms with Gasteiger partial charge in [-0.3, -0.25) is 4.98 Å². The van der Waals surface area contributed by atoms with Crippen molar-refractivity contribution in [3.05, 3.63) is 28.7 Å². The normalized spacial score (nSPS) is 12.0. The predicted molar refractivity (Wildman–Crippen MR) is 68.4 cm³/mol. The number of benzene rings is 1. The van der Waals surface area contributed by atoms with Crippen LogP contribution in [0.5, 0.6) is 0 Å². The first-order valence-electron chi connectivity index (χ1n) is 5.51. The molecule has 3 N–H and O–H groups in total. The van der Waals surface area contributed by atoms with Crippen LogP contribution in [0.25, 0.3) is 11.1 Å². The zero-order chi connectivity index (χ0) is 12.6. The minimum atomic E-state index is -0.433. The minimum Gasteiger partial charge on any atom is -0.408 e. The highest BCUT2D eigenvalue weighted by atomic mass is 16.4. The van der Waals surface area contributed by atoms with Gasteiger partial charge in [0.05, 0.1) is 5.52 Å². The van der Waals surface area contributed by atoms with E-state index >= 15 is 0 Å². The lowest BCUT2D eigenvalue weighted by Gasteiger charge is -2.36. The molecule has 1 heterocycles. The Balaban J connectivity index is 2.45. The number of aromatic nitrogens is 1. The maximum absolute atomic E-state index is 11.1. The first-order valence-corrected chi connectivity index (χ1v) is 5.51. The van der Waals surface area contributed by atoms with Crippen molar-refractivity contribution >= 4 is 16.8 Å². The summed E-state index contributed by atoms with van der Waals surface area (Å²) in [6, 6.07) is 5.58. The lowest BCUT2D eigenvalue weighted by Crippen LogP contribution is -2.47. The van der Waals surface area contributed by atoms with Gasteiger partial charge in [0.1, 0.15) is 0 Å². The zero-order valence-corrected chi connectivity index (χ0v) is 10.3. The Kier molecular flexibility index (Phi) is 2.71. The summed E-state index contributed by atoms with van der Waals surface area (Å²) in [4.78, 5) is 15.8. The summed E-state index contributed by atoms with van der Waals surface area (Å²) < 4.78 is 4.96. The third-order valence-electron chi connectivity index (χ3n) is 3.20. The second-order valence-corrected chi connectivity index (χ2v) is 4.77. The molecule has 1 aromatic heterocycles. The van der Waals surface area contributed by atoms with Crippen LogP contribution in [0.3, 0.4) is 0 Å². The number of hydrogen-bond donors (Lipinski definition) is 2. The quantitative estimate of drug-likeness (QED) is 0.840. The molecule has 5 heteroatoms. The fourth-order valence-corrected chi connectivity index (χ4v) is 1.64. The van der Waals surface area contributed by atoms with Crippen LogP contribution >= 0.6 is 0 Å². The minimum absolute atomic E-state index is 0.141. The Morgan fingerprint density at radius 3 is 2.82 bits per heavy atom. The molecule has 0 atom stereocenters. The average Bonchev–Trinajstić information content (AvgIpc) is 2.66. The van der Waals surface area contributed by atoms with Crippen molar-refractivity contribution in [1.29, 1.82) is 0 Å². The summed E-state index contributed by atoms with van der Waals surface area (Å²) in [6.45, 7) is 4.67. The number of anilines is 1. The predicted octanol–water partition coefficient (Wildman–Crippen LogP) is 1.29. The van der Waals surface area contributed by atoms with Crippen LogP contribution in [0.1, 0.15) is 13.8 Å². The van der Waals surface area contributed by atoms with Crippen LogP contribution in [0.15, 0.2) is 27.4 Å². The van der Waals surface area contributed by atoms with Gasteiger partial charge < -0.3 is 15.1 Å². The number of nitrogens with two attached hydrogens (primary N) is 1. The number of nitrogens with one attached hydrogen (secondary N) is 1. The highest BCUT2D eigenvalue weighted by Crippen LogP contribution is 2.24. The van der Waals surface area contributed by atoms with Gasteiger partial charge in [0.25, 0.3) is 0 Å². The van der Waals surface area contributed by atoms with Crippen LogP contribution < -0.4 is 16.4 Å². The van der Waals surface area contributed by atoms with Crippen molar-refractivity contribution < 1.29 is 4.42 Å². The SMILES string of the molecule is CN(c1ccc2oc(=O)[nH]c2c1)C(C)(C)CN. The Labute approximate surface area is 99.2 Å². The molecule has 0 unspecified atom stereocenters. The molecular weight excluding hydrogens is 218 g/mol. The number of rotatable bonds is 3. The number of nitrogens with zero attached hydrogens (tertiary/aromatic N) is 1. The van der Waals surface area contributed by atoms with E-state index < -0.39 is 5.76 Å². The van der Waals surface area contributed by atoms with E-state index in [1.54, 1.807) is 6.07 Å². The van der Waals surface area contributed by atoms with Crippen LogP contribution in [0.2, 0.25) is 0 Å². The molecular formula is C12H17N3O2. The van der Waals surface area contributed by atoms with Crippen molar-refractivity contribution in [3.63, 3.8) is 0 Å². The van der Waals surface area contributed by atoms with Gasteiger partial charge in [-0.25, -0.2) is 4.79 Å².